The third-order valence-electron chi connectivity index (χ3n) is 5.01. The number of rotatable bonds is 15. The van der Waals surface area contributed by atoms with Gasteiger partial charge in [0.05, 0.1) is 12.6 Å². The van der Waals surface area contributed by atoms with E-state index in [4.69, 9.17) is 11.5 Å². The minimum atomic E-state index is -1.47. The maximum atomic E-state index is 12.7. The Kier molecular flexibility index (Phi) is 13.1. The molecular formula is C20H37N5O7. The molecule has 0 bridgehead atoms. The van der Waals surface area contributed by atoms with Crippen molar-refractivity contribution in [1.82, 2.24) is 16.0 Å². The maximum Gasteiger partial charge on any atom is 0.326 e. The second-order valence-corrected chi connectivity index (χ2v) is 8.25. The van der Waals surface area contributed by atoms with E-state index in [1.807, 2.05) is 6.92 Å². The average Bonchev–Trinajstić information content (AvgIpc) is 2.71. The van der Waals surface area contributed by atoms with Crippen molar-refractivity contribution in [3.63, 3.8) is 0 Å². The Morgan fingerprint density at radius 1 is 0.875 bits per heavy atom. The molecule has 5 atom stereocenters. The van der Waals surface area contributed by atoms with E-state index in [0.717, 1.165) is 0 Å². The van der Waals surface area contributed by atoms with Crippen LogP contribution in [0.5, 0.6) is 0 Å². The van der Waals surface area contributed by atoms with Gasteiger partial charge >= 0.3 is 5.97 Å². The third-order valence-corrected chi connectivity index (χ3v) is 5.01. The van der Waals surface area contributed by atoms with Gasteiger partial charge in [-0.2, -0.15) is 0 Å². The molecule has 5 unspecified atom stereocenters. The molecule has 0 aromatic heterocycles. The van der Waals surface area contributed by atoms with Gasteiger partial charge in [-0.3, -0.25) is 19.2 Å². The molecule has 0 aliphatic carbocycles. The van der Waals surface area contributed by atoms with Gasteiger partial charge in [0.1, 0.15) is 18.1 Å². The molecule has 0 aromatic rings. The van der Waals surface area contributed by atoms with Gasteiger partial charge in [0, 0.05) is 6.42 Å². The highest BCUT2D eigenvalue weighted by molar-refractivity contribution is 5.94. The second kappa shape index (κ2) is 14.4. The van der Waals surface area contributed by atoms with Crippen molar-refractivity contribution in [2.24, 2.45) is 23.3 Å². The molecule has 0 saturated heterocycles. The fourth-order valence-corrected chi connectivity index (χ4v) is 2.77. The van der Waals surface area contributed by atoms with Gasteiger partial charge in [-0.15, -0.1) is 0 Å². The van der Waals surface area contributed by atoms with Crippen LogP contribution in [0, 0.1) is 11.8 Å². The molecule has 0 aliphatic rings. The third kappa shape index (κ3) is 10.5. The molecule has 32 heavy (non-hydrogen) atoms. The topological polar surface area (TPSA) is 214 Å². The molecule has 0 aliphatic heterocycles. The number of aliphatic carboxylic acids is 1. The molecule has 0 aromatic carbocycles. The summed E-state index contributed by atoms with van der Waals surface area (Å²) in [6.45, 7) is 6.37. The van der Waals surface area contributed by atoms with E-state index in [1.54, 1.807) is 20.8 Å². The van der Waals surface area contributed by atoms with E-state index < -0.39 is 60.4 Å². The summed E-state index contributed by atoms with van der Waals surface area (Å²) >= 11 is 0. The molecule has 0 fully saturated rings. The lowest BCUT2D eigenvalue weighted by Crippen LogP contribution is -2.58. The van der Waals surface area contributed by atoms with Crippen molar-refractivity contribution < 1.29 is 34.2 Å². The minimum Gasteiger partial charge on any atom is -0.480 e. The highest BCUT2D eigenvalue weighted by atomic mass is 16.4. The number of carboxylic acids is 1. The van der Waals surface area contributed by atoms with Crippen LogP contribution < -0.4 is 27.4 Å². The van der Waals surface area contributed by atoms with E-state index in [9.17, 15) is 34.2 Å². The highest BCUT2D eigenvalue weighted by Gasteiger charge is 2.31. The number of nitrogens with one attached hydrogen (secondary N) is 3. The van der Waals surface area contributed by atoms with Crippen molar-refractivity contribution in [2.75, 3.05) is 6.61 Å². The monoisotopic (exact) mass is 459 g/mol. The molecule has 0 saturated carbocycles. The number of hydrogen-bond acceptors (Lipinski definition) is 7. The van der Waals surface area contributed by atoms with Gasteiger partial charge in [-0.05, 0) is 24.7 Å². The summed E-state index contributed by atoms with van der Waals surface area (Å²) in [6.07, 6.45) is 0.409. The number of primary amides is 1. The van der Waals surface area contributed by atoms with Crippen LogP contribution in [0.15, 0.2) is 0 Å². The SMILES string of the molecule is CCC(C)C(N)C(=O)NC(CCC(N)=O)C(=O)NC(CO)C(=O)NC(CC(C)C)C(=O)O. The average molecular weight is 460 g/mol. The van der Waals surface area contributed by atoms with Gasteiger partial charge in [0.25, 0.3) is 0 Å². The molecule has 0 heterocycles. The van der Waals surface area contributed by atoms with E-state index in [0.29, 0.717) is 6.42 Å². The summed E-state index contributed by atoms with van der Waals surface area (Å²) in [5.74, 6) is -4.50. The quantitative estimate of drug-likeness (QED) is 0.148. The molecule has 12 nitrogen and oxygen atoms in total. The number of aliphatic hydroxyl groups excluding tert-OH is 1. The number of nitrogens with two attached hydrogens (primary N) is 2. The summed E-state index contributed by atoms with van der Waals surface area (Å²) in [5.41, 5.74) is 11.0. The van der Waals surface area contributed by atoms with Crippen LogP contribution in [0.1, 0.15) is 53.4 Å². The zero-order valence-corrected chi connectivity index (χ0v) is 19.1. The van der Waals surface area contributed by atoms with Gasteiger partial charge in [-0.25, -0.2) is 4.79 Å². The second-order valence-electron chi connectivity index (χ2n) is 8.25. The summed E-state index contributed by atoms with van der Waals surface area (Å²) in [5, 5.41) is 25.8. The zero-order chi connectivity index (χ0) is 25.0. The molecule has 4 amide bonds. The molecule has 0 rings (SSSR count). The molecular weight excluding hydrogens is 422 g/mol. The number of carboxylic acid groups (broad SMARTS) is 1. The van der Waals surface area contributed by atoms with E-state index in [-0.39, 0.29) is 31.1 Å². The van der Waals surface area contributed by atoms with Crippen LogP contribution in [-0.2, 0) is 24.0 Å². The van der Waals surface area contributed by atoms with Crippen molar-refractivity contribution in [1.29, 1.82) is 0 Å². The van der Waals surface area contributed by atoms with Gasteiger partial charge in [-0.1, -0.05) is 34.1 Å². The predicted molar refractivity (Wildman–Crippen MR) is 116 cm³/mol. The first-order valence-electron chi connectivity index (χ1n) is 10.6. The Labute approximate surface area is 187 Å². The Bertz CT molecular complexity index is 671. The molecule has 0 spiro atoms. The first-order valence-corrected chi connectivity index (χ1v) is 10.6. The Hall–Kier alpha value is -2.73. The minimum absolute atomic E-state index is 0.0262. The van der Waals surface area contributed by atoms with Gasteiger partial charge in [0.15, 0.2) is 0 Å². The number of carbonyl (C=O) groups excluding carboxylic acids is 4. The number of hydrogen-bond donors (Lipinski definition) is 7. The molecule has 12 heteroatoms. The normalized spacial score (nSPS) is 15.7. The van der Waals surface area contributed by atoms with Crippen LogP contribution >= 0.6 is 0 Å². The number of carbonyl (C=O) groups is 5. The van der Waals surface area contributed by atoms with E-state index in [1.165, 1.54) is 0 Å². The molecule has 9 N–H and O–H groups in total. The first-order chi connectivity index (χ1) is 14.8. The summed E-state index contributed by atoms with van der Waals surface area (Å²) in [6, 6.07) is -4.80. The summed E-state index contributed by atoms with van der Waals surface area (Å²) < 4.78 is 0. The predicted octanol–water partition coefficient (Wildman–Crippen LogP) is -1.80. The largest absolute Gasteiger partial charge is 0.480 e. The van der Waals surface area contributed by atoms with Crippen LogP contribution in [-0.4, -0.2) is 70.6 Å². The number of aliphatic hydroxyl groups is 1. The van der Waals surface area contributed by atoms with Crippen LogP contribution in [0.2, 0.25) is 0 Å². The standard InChI is InChI=1S/C20H37N5O7/c1-5-11(4)16(22)19(30)23-12(6-7-15(21)27)17(28)25-14(9-26)18(29)24-13(20(31)32)8-10(2)3/h10-14,16,26H,5-9,22H2,1-4H3,(H2,21,27)(H,23,30)(H,24,29)(H,25,28)(H,31,32). The van der Waals surface area contributed by atoms with E-state index >= 15 is 0 Å². The lowest BCUT2D eigenvalue weighted by atomic mass is 9.98. The summed E-state index contributed by atoms with van der Waals surface area (Å²) in [7, 11) is 0. The van der Waals surface area contributed by atoms with Crippen LogP contribution in [0.4, 0.5) is 0 Å². The van der Waals surface area contributed by atoms with Crippen molar-refractivity contribution in [3.05, 3.63) is 0 Å². The molecule has 184 valence electrons. The van der Waals surface area contributed by atoms with E-state index in [2.05, 4.69) is 16.0 Å². The fraction of sp³-hybridized carbons (Fsp3) is 0.750. The van der Waals surface area contributed by atoms with Crippen LogP contribution in [0.25, 0.3) is 0 Å². The highest BCUT2D eigenvalue weighted by Crippen LogP contribution is 2.08. The Morgan fingerprint density at radius 2 is 1.38 bits per heavy atom. The lowest BCUT2D eigenvalue weighted by molar-refractivity contribution is -0.143. The van der Waals surface area contributed by atoms with Gasteiger partial charge in [0.2, 0.25) is 23.6 Å². The summed E-state index contributed by atoms with van der Waals surface area (Å²) in [4.78, 5) is 60.0. The zero-order valence-electron chi connectivity index (χ0n) is 19.1. The fourth-order valence-electron chi connectivity index (χ4n) is 2.77. The first kappa shape index (κ1) is 29.3. The maximum absolute atomic E-state index is 12.7. The number of amides is 4. The molecule has 0 radical (unpaired) electrons. The Balaban J connectivity index is 5.34. The smallest absolute Gasteiger partial charge is 0.326 e. The van der Waals surface area contributed by atoms with Crippen molar-refractivity contribution in [2.45, 2.75) is 77.5 Å². The van der Waals surface area contributed by atoms with Crippen molar-refractivity contribution >= 4 is 29.6 Å². The lowest BCUT2D eigenvalue weighted by Gasteiger charge is -2.25. The Morgan fingerprint density at radius 3 is 1.81 bits per heavy atom. The van der Waals surface area contributed by atoms with Crippen molar-refractivity contribution in [3.8, 4) is 0 Å². The van der Waals surface area contributed by atoms with Gasteiger partial charge < -0.3 is 37.6 Å². The van der Waals surface area contributed by atoms with Crippen LogP contribution in [0.3, 0.4) is 0 Å².